The zero-order valence-corrected chi connectivity index (χ0v) is 16.7. The van der Waals surface area contributed by atoms with Crippen molar-refractivity contribution in [2.75, 3.05) is 10.4 Å². The first-order valence-electron chi connectivity index (χ1n) is 8.03. The van der Waals surface area contributed by atoms with Gasteiger partial charge in [-0.1, -0.05) is 0 Å². The fraction of sp³-hybridized carbons (Fsp3) is 0. The highest BCUT2D eigenvalue weighted by molar-refractivity contribution is 7.86. The number of hydrogen-bond acceptors (Lipinski definition) is 9. The molecule has 162 valence electrons. The van der Waals surface area contributed by atoms with Crippen LogP contribution in [0.25, 0.3) is 0 Å². The summed E-state index contributed by atoms with van der Waals surface area (Å²) in [5, 5.41) is 17.4. The molecule has 4 N–H and O–H groups in total. The van der Waals surface area contributed by atoms with Gasteiger partial charge in [-0.15, -0.1) is 0 Å². The average Bonchev–Trinajstić information content (AvgIpc) is 3.02. The lowest BCUT2D eigenvalue weighted by Gasteiger charge is -2.11. The highest BCUT2D eigenvalue weighted by Gasteiger charge is 2.37. The maximum Gasteiger partial charge on any atom is 0.358 e. The lowest BCUT2D eigenvalue weighted by molar-refractivity contribution is -0.129. The minimum Gasteiger partial charge on any atom is -0.476 e. The molecule has 0 saturated heterocycles. The van der Waals surface area contributed by atoms with Gasteiger partial charge in [0.25, 0.3) is 20.2 Å². The molecule has 13 nitrogen and oxygen atoms in total. The summed E-state index contributed by atoms with van der Waals surface area (Å²) in [5.41, 5.74) is 1.29. The van der Waals surface area contributed by atoms with E-state index in [1.165, 1.54) is 12.1 Å². The summed E-state index contributed by atoms with van der Waals surface area (Å²) < 4.78 is 62.3. The van der Waals surface area contributed by atoms with Gasteiger partial charge in [0.15, 0.2) is 5.71 Å². The fourth-order valence-corrected chi connectivity index (χ4v) is 3.36. The molecule has 1 heterocycles. The molecule has 0 spiro atoms. The summed E-state index contributed by atoms with van der Waals surface area (Å²) in [6, 6.07) is 8.82. The first-order valence-corrected chi connectivity index (χ1v) is 10.9. The van der Waals surface area contributed by atoms with Gasteiger partial charge >= 0.3 is 11.9 Å². The average molecular weight is 468 g/mol. The van der Waals surface area contributed by atoms with E-state index in [1.807, 2.05) is 0 Å². The Morgan fingerprint density at radius 2 is 1.39 bits per heavy atom. The number of nitrogens with zero attached hydrogens (tertiary/aromatic N) is 3. The van der Waals surface area contributed by atoms with E-state index >= 15 is 0 Å². The van der Waals surface area contributed by atoms with Crippen LogP contribution in [0.15, 0.2) is 68.5 Å². The molecule has 31 heavy (non-hydrogen) atoms. The number of aliphatic carboxylic acids is 1. The monoisotopic (exact) mass is 468 g/mol. The Bertz CT molecular complexity index is 1330. The van der Waals surface area contributed by atoms with Gasteiger partial charge < -0.3 is 5.11 Å². The Hall–Kier alpha value is -3.66. The van der Waals surface area contributed by atoms with Gasteiger partial charge in [-0.3, -0.25) is 19.3 Å². The normalized spacial score (nSPS) is 15.8. The first kappa shape index (κ1) is 22.0. The molecule has 0 saturated carbocycles. The third-order valence-electron chi connectivity index (χ3n) is 3.85. The van der Waals surface area contributed by atoms with Gasteiger partial charge in [0.2, 0.25) is 5.71 Å². The number of carboxylic acid groups (broad SMARTS) is 1. The minimum atomic E-state index is -4.46. The second-order valence-electron chi connectivity index (χ2n) is 5.91. The van der Waals surface area contributed by atoms with Gasteiger partial charge in [0, 0.05) is 0 Å². The summed E-state index contributed by atoms with van der Waals surface area (Å²) in [7, 11) is -8.87. The third kappa shape index (κ3) is 4.75. The number of carbonyl (C=O) groups is 2. The van der Waals surface area contributed by atoms with Crippen molar-refractivity contribution in [1.82, 2.24) is 0 Å². The maximum absolute atomic E-state index is 12.6. The predicted molar refractivity (Wildman–Crippen MR) is 106 cm³/mol. The molecule has 1 amide bonds. The summed E-state index contributed by atoms with van der Waals surface area (Å²) in [5.74, 6) is -2.51. The highest BCUT2D eigenvalue weighted by atomic mass is 32.2. The Labute approximate surface area is 174 Å². The predicted octanol–water partition coefficient (Wildman–Crippen LogP) is 0.435. The van der Waals surface area contributed by atoms with Crippen molar-refractivity contribution in [1.29, 1.82) is 0 Å². The van der Waals surface area contributed by atoms with Crippen LogP contribution in [-0.4, -0.2) is 54.3 Å². The Kier molecular flexibility index (Phi) is 5.60. The number of carboxylic acids is 1. The molecule has 0 aliphatic carbocycles. The van der Waals surface area contributed by atoms with Crippen LogP contribution in [0.2, 0.25) is 0 Å². The number of hydrazone groups is 2. The first-order chi connectivity index (χ1) is 14.4. The number of hydrogen-bond donors (Lipinski definition) is 4. The van der Waals surface area contributed by atoms with Gasteiger partial charge in [-0.2, -0.15) is 32.0 Å². The lowest BCUT2D eigenvalue weighted by atomic mass is 10.2. The molecule has 15 heteroatoms. The van der Waals surface area contributed by atoms with Crippen molar-refractivity contribution in [3.8, 4) is 0 Å². The minimum absolute atomic E-state index is 0.0128. The van der Waals surface area contributed by atoms with Crippen LogP contribution >= 0.6 is 0 Å². The largest absolute Gasteiger partial charge is 0.476 e. The number of carbonyl (C=O) groups excluding carboxylic acids is 1. The molecule has 0 aromatic heterocycles. The van der Waals surface area contributed by atoms with Crippen LogP contribution < -0.4 is 10.4 Å². The number of amides is 1. The van der Waals surface area contributed by atoms with Crippen LogP contribution in [0.3, 0.4) is 0 Å². The fourth-order valence-electron chi connectivity index (χ4n) is 2.40. The Balaban J connectivity index is 1.88. The summed E-state index contributed by atoms with van der Waals surface area (Å²) in [6.07, 6.45) is 0. The molecule has 0 atom stereocenters. The van der Waals surface area contributed by atoms with Gasteiger partial charge in [-0.25, -0.2) is 4.79 Å². The van der Waals surface area contributed by atoms with E-state index in [-0.39, 0.29) is 16.3 Å². The van der Waals surface area contributed by atoms with E-state index in [0.29, 0.717) is 5.01 Å². The second kappa shape index (κ2) is 7.88. The third-order valence-corrected chi connectivity index (χ3v) is 5.59. The van der Waals surface area contributed by atoms with Crippen molar-refractivity contribution in [3.05, 3.63) is 48.5 Å². The molecular weight excluding hydrogens is 456 g/mol. The molecular formula is C16H12N4O9S2. The van der Waals surface area contributed by atoms with Crippen LogP contribution in [-0.2, 0) is 29.8 Å². The maximum atomic E-state index is 12.6. The Morgan fingerprint density at radius 1 is 0.903 bits per heavy atom. The lowest BCUT2D eigenvalue weighted by Crippen LogP contribution is -2.30. The van der Waals surface area contributed by atoms with Crippen molar-refractivity contribution >= 4 is 54.9 Å². The van der Waals surface area contributed by atoms with Crippen LogP contribution in [0.5, 0.6) is 0 Å². The number of anilines is 2. The van der Waals surface area contributed by atoms with Crippen LogP contribution in [0, 0.1) is 0 Å². The van der Waals surface area contributed by atoms with Gasteiger partial charge in [-0.05, 0) is 48.5 Å². The molecule has 3 rings (SSSR count). The molecule has 0 unspecified atom stereocenters. The molecule has 0 fully saturated rings. The van der Waals surface area contributed by atoms with Crippen LogP contribution in [0.1, 0.15) is 0 Å². The van der Waals surface area contributed by atoms with Crippen molar-refractivity contribution in [2.24, 2.45) is 10.2 Å². The number of rotatable bonds is 6. The zero-order chi connectivity index (χ0) is 23.0. The second-order valence-corrected chi connectivity index (χ2v) is 8.75. The molecule has 2 aromatic carbocycles. The van der Waals surface area contributed by atoms with Gasteiger partial charge in [0.05, 0.1) is 21.2 Å². The van der Waals surface area contributed by atoms with Gasteiger partial charge in [0.1, 0.15) is 0 Å². The quantitative estimate of drug-likeness (QED) is 0.340. The van der Waals surface area contributed by atoms with E-state index in [1.54, 1.807) is 0 Å². The van der Waals surface area contributed by atoms with E-state index in [9.17, 15) is 31.5 Å². The van der Waals surface area contributed by atoms with Crippen molar-refractivity contribution in [2.45, 2.75) is 9.79 Å². The zero-order valence-electron chi connectivity index (χ0n) is 15.1. The topological polar surface area (TPSA) is 203 Å². The highest BCUT2D eigenvalue weighted by Crippen LogP contribution is 2.22. The molecule has 0 radical (unpaired) electrons. The number of nitrogens with one attached hydrogen (secondary N) is 1. The molecule has 0 bridgehead atoms. The van der Waals surface area contributed by atoms with Crippen molar-refractivity contribution in [3.63, 3.8) is 0 Å². The Morgan fingerprint density at radius 3 is 1.84 bits per heavy atom. The molecule has 1 aliphatic rings. The summed E-state index contributed by atoms with van der Waals surface area (Å²) in [4.78, 5) is 23.3. The number of benzene rings is 2. The SMILES string of the molecule is O=C(O)C1=NN(c2ccc(S(=O)(=O)O)cc2)C(=O)/C1=N/Nc1ccc(S(=O)(=O)O)cc1. The van der Waals surface area contributed by atoms with E-state index in [2.05, 4.69) is 15.6 Å². The molecule has 2 aromatic rings. The smallest absolute Gasteiger partial charge is 0.358 e. The molecule has 1 aliphatic heterocycles. The van der Waals surface area contributed by atoms with E-state index < -0.39 is 48.4 Å². The summed E-state index contributed by atoms with van der Waals surface area (Å²) in [6.45, 7) is 0. The van der Waals surface area contributed by atoms with Crippen LogP contribution in [0.4, 0.5) is 11.4 Å². The summed E-state index contributed by atoms with van der Waals surface area (Å²) >= 11 is 0. The van der Waals surface area contributed by atoms with E-state index in [0.717, 1.165) is 36.4 Å². The van der Waals surface area contributed by atoms with Crippen molar-refractivity contribution < 1.29 is 40.6 Å². The standard InChI is InChI=1S/C16H12N4O9S2/c21-15-13(18-17-9-1-5-11(6-2-9)30(24,25)26)14(16(22)23)19-20(15)10-3-7-12(8-4-10)31(27,28)29/h1-8,17H,(H,22,23)(H,24,25,26)(H,27,28,29)/b18-13+. The van der Waals surface area contributed by atoms with E-state index in [4.69, 9.17) is 9.11 Å².